The van der Waals surface area contributed by atoms with Crippen LogP contribution in [0.2, 0.25) is 0 Å². The Kier molecular flexibility index (Phi) is 15.1. The molecule has 6 aromatic carbocycles. The Labute approximate surface area is 473 Å². The van der Waals surface area contributed by atoms with E-state index in [1.165, 1.54) is 0 Å². The maximum absolute atomic E-state index is 12.9. The molecule has 0 amide bonds. The van der Waals surface area contributed by atoms with Crippen LogP contribution in [0.15, 0.2) is 85.2 Å². The summed E-state index contributed by atoms with van der Waals surface area (Å²) in [5.74, 6) is 3.22. The molecular weight excluding hydrogens is 997 g/mol. The first-order valence-electron chi connectivity index (χ1n) is 28.7. The van der Waals surface area contributed by atoms with Crippen molar-refractivity contribution < 1.29 is 29.2 Å². The number of aromatic hydroxyl groups is 2. The maximum atomic E-state index is 12.9. The maximum Gasteiger partial charge on any atom is 0.167 e. The van der Waals surface area contributed by atoms with Gasteiger partial charge < -0.3 is 29.2 Å². The van der Waals surface area contributed by atoms with Crippen LogP contribution in [0.4, 0.5) is 0 Å². The molecule has 4 aliphatic heterocycles. The number of rotatable bonds is 6. The van der Waals surface area contributed by atoms with Gasteiger partial charge in [-0.05, 0) is 112 Å². The zero-order valence-corrected chi connectivity index (χ0v) is 49.8. The first kappa shape index (κ1) is 56.0. The number of benzene rings is 6. The van der Waals surface area contributed by atoms with Crippen molar-refractivity contribution in [2.75, 3.05) is 13.2 Å². The average molecular weight is 1080 g/mol. The van der Waals surface area contributed by atoms with E-state index in [-0.39, 0.29) is 46.4 Å². The molecule has 6 heterocycles. The number of ether oxygens (including phenoxy) is 4. The number of phenolic OH excluding ortho intramolecular Hbond substituents is 2. The minimum Gasteiger partial charge on any atom is -0.507 e. The summed E-state index contributed by atoms with van der Waals surface area (Å²) in [6.45, 7) is 32.9. The summed E-state index contributed by atoms with van der Waals surface area (Å²) < 4.78 is 31.6. The SMILES string of the molecule is CCCOc1c(OCCC)c2c3ccccc3c1Cn1cc(nn1)COc1c3cc(C(C)(C)C)cc1Cc1cc(C(C)(C)C)cc(c1O)Cc1cc(C(C)(C)C)cc(c1OCc1cn(nn1)C2)Cc1cc(C(C)(C)C)cc(c1O)C3. The number of nitrogens with zero attached hydrogens (tertiary/aromatic N) is 6. The van der Waals surface area contributed by atoms with Gasteiger partial charge in [0.05, 0.1) is 38.7 Å². The van der Waals surface area contributed by atoms with E-state index in [0.717, 1.165) is 102 Å². The molecular formula is C68H82N6O6. The molecule has 12 heteroatoms. The molecule has 8 aromatic rings. The summed E-state index contributed by atoms with van der Waals surface area (Å²) in [5.41, 5.74) is 13.5. The lowest BCUT2D eigenvalue weighted by molar-refractivity contribution is 0.263. The topological polar surface area (TPSA) is 139 Å². The van der Waals surface area contributed by atoms with Gasteiger partial charge in [-0.3, -0.25) is 0 Å². The Morgan fingerprint density at radius 2 is 0.762 bits per heavy atom. The summed E-state index contributed by atoms with van der Waals surface area (Å²) in [6, 6.07) is 26.1. The Morgan fingerprint density at radius 3 is 1.05 bits per heavy atom. The third kappa shape index (κ3) is 11.6. The molecule has 0 atom stereocenters. The van der Waals surface area contributed by atoms with E-state index < -0.39 is 0 Å². The second kappa shape index (κ2) is 21.6. The van der Waals surface area contributed by atoms with Crippen molar-refractivity contribution in [1.82, 2.24) is 30.0 Å². The van der Waals surface area contributed by atoms with E-state index in [2.05, 4.69) is 170 Å². The number of phenols is 2. The van der Waals surface area contributed by atoms with Gasteiger partial charge in [0.1, 0.15) is 47.6 Å². The van der Waals surface area contributed by atoms with E-state index in [1.54, 1.807) is 0 Å². The number of hydrogen-bond acceptors (Lipinski definition) is 10. The Balaban J connectivity index is 1.27. The van der Waals surface area contributed by atoms with E-state index >= 15 is 0 Å². The standard InChI is InChI=1S/C68H82N6O6/c1-15-21-77-63-57-37-73-35-53(69-71-73)39-79-61-45-23-41-27-49(65(3,4)5)29-43(59(41)75)25-47-33-52(68(12,13)14)34-48(26-44-30-50(66(6,7)8)28-42(60(44)76)24-46(61)32-51(31-45)67(9,10)11)62(47)80-40-54-36-74(72-70-54)38-58(64(63)78-22-16-2)56-20-18-17-19-55(56)57/h17-20,27-36,75-76H,15-16,21-26,37-40H2,1-14H3. The molecule has 13 rings (SSSR count). The lowest BCUT2D eigenvalue weighted by Crippen LogP contribution is -2.16. The molecule has 12 nitrogen and oxygen atoms in total. The first-order valence-corrected chi connectivity index (χ1v) is 28.7. The van der Waals surface area contributed by atoms with Gasteiger partial charge in [-0.15, -0.1) is 10.2 Å². The molecule has 2 N–H and O–H groups in total. The van der Waals surface area contributed by atoms with Crippen molar-refractivity contribution in [3.05, 3.63) is 174 Å². The van der Waals surface area contributed by atoms with Crippen LogP contribution in [0.3, 0.4) is 0 Å². The van der Waals surface area contributed by atoms with Crippen LogP contribution in [0.25, 0.3) is 10.8 Å². The van der Waals surface area contributed by atoms with E-state index in [1.807, 2.05) is 21.8 Å². The van der Waals surface area contributed by atoms with Gasteiger partial charge in [0.25, 0.3) is 0 Å². The van der Waals surface area contributed by atoms with Crippen molar-refractivity contribution in [1.29, 1.82) is 0 Å². The molecule has 0 unspecified atom stereocenters. The summed E-state index contributed by atoms with van der Waals surface area (Å²) in [7, 11) is 0. The smallest absolute Gasteiger partial charge is 0.167 e. The Hall–Kier alpha value is -7.34. The minimum absolute atomic E-state index is 0.116. The van der Waals surface area contributed by atoms with Crippen LogP contribution < -0.4 is 18.9 Å². The first-order chi connectivity index (χ1) is 37.9. The zero-order valence-electron chi connectivity index (χ0n) is 49.8. The van der Waals surface area contributed by atoms with Gasteiger partial charge >= 0.3 is 0 Å². The fourth-order valence-electron chi connectivity index (χ4n) is 11.2. The molecule has 1 aliphatic carbocycles. The highest BCUT2D eigenvalue weighted by atomic mass is 16.5. The lowest BCUT2D eigenvalue weighted by atomic mass is 9.79. The van der Waals surface area contributed by atoms with Gasteiger partial charge in [0, 0.05) is 36.8 Å². The van der Waals surface area contributed by atoms with Crippen LogP contribution in [-0.4, -0.2) is 53.4 Å². The van der Waals surface area contributed by atoms with Crippen LogP contribution in [-0.2, 0) is 73.6 Å². The van der Waals surface area contributed by atoms with E-state index in [4.69, 9.17) is 39.6 Å². The van der Waals surface area contributed by atoms with Gasteiger partial charge in [-0.2, -0.15) is 0 Å². The van der Waals surface area contributed by atoms with Gasteiger partial charge in [0.15, 0.2) is 11.5 Å². The largest absolute Gasteiger partial charge is 0.507 e. The quantitative estimate of drug-likeness (QED) is 0.165. The molecule has 0 saturated carbocycles. The monoisotopic (exact) mass is 1080 g/mol. The summed E-state index contributed by atoms with van der Waals surface area (Å²) in [6.07, 6.45) is 7.01. The highest BCUT2D eigenvalue weighted by Crippen LogP contribution is 2.46. The molecule has 0 fully saturated rings. The second-order valence-corrected chi connectivity index (χ2v) is 26.5. The third-order valence-corrected chi connectivity index (χ3v) is 15.8. The molecule has 16 bridgehead atoms. The minimum atomic E-state index is -0.256. The molecule has 0 saturated heterocycles. The fourth-order valence-corrected chi connectivity index (χ4v) is 11.2. The van der Waals surface area contributed by atoms with Crippen molar-refractivity contribution >= 4 is 10.8 Å². The van der Waals surface area contributed by atoms with Crippen molar-refractivity contribution in [2.45, 2.75) is 183 Å². The summed E-state index contributed by atoms with van der Waals surface area (Å²) in [4.78, 5) is 0. The predicted octanol–water partition coefficient (Wildman–Crippen LogP) is 14.4. The van der Waals surface area contributed by atoms with Crippen molar-refractivity contribution in [3.8, 4) is 34.5 Å². The second-order valence-electron chi connectivity index (χ2n) is 26.5. The van der Waals surface area contributed by atoms with Gasteiger partial charge in [-0.1, -0.05) is 180 Å². The van der Waals surface area contributed by atoms with Crippen LogP contribution in [0, 0.1) is 0 Å². The Morgan fingerprint density at radius 1 is 0.463 bits per heavy atom. The van der Waals surface area contributed by atoms with E-state index in [9.17, 15) is 10.2 Å². The van der Waals surface area contributed by atoms with Crippen LogP contribution >= 0.6 is 0 Å². The number of aromatic nitrogens is 6. The van der Waals surface area contributed by atoms with Crippen LogP contribution in [0.1, 0.15) is 199 Å². The van der Waals surface area contributed by atoms with E-state index in [0.29, 0.717) is 86.4 Å². The third-order valence-electron chi connectivity index (χ3n) is 15.8. The van der Waals surface area contributed by atoms with Gasteiger partial charge in [0.2, 0.25) is 0 Å². The normalized spacial score (nSPS) is 14.2. The zero-order chi connectivity index (χ0) is 57.1. The molecule has 80 heavy (non-hydrogen) atoms. The predicted molar refractivity (Wildman–Crippen MR) is 318 cm³/mol. The number of hydrogen-bond donors (Lipinski definition) is 2. The summed E-state index contributed by atoms with van der Waals surface area (Å²) >= 11 is 0. The lowest BCUT2D eigenvalue weighted by Gasteiger charge is -2.28. The fraction of sp³-hybridized carbons (Fsp3) is 0.441. The van der Waals surface area contributed by atoms with Crippen molar-refractivity contribution in [2.24, 2.45) is 0 Å². The average Bonchev–Trinajstić information content (AvgIpc) is 4.16. The summed E-state index contributed by atoms with van der Waals surface area (Å²) in [5, 5.41) is 46.8. The van der Waals surface area contributed by atoms with Crippen LogP contribution in [0.5, 0.6) is 34.5 Å². The molecule has 420 valence electrons. The molecule has 5 aliphatic rings. The molecule has 2 aromatic heterocycles. The molecule has 0 spiro atoms. The highest BCUT2D eigenvalue weighted by Gasteiger charge is 2.30. The molecule has 0 radical (unpaired) electrons. The van der Waals surface area contributed by atoms with Gasteiger partial charge in [-0.25, -0.2) is 9.36 Å². The highest BCUT2D eigenvalue weighted by molar-refractivity contribution is 5.93. The Bertz CT molecular complexity index is 3280. The van der Waals surface area contributed by atoms with Crippen molar-refractivity contribution in [3.63, 3.8) is 0 Å².